The van der Waals surface area contributed by atoms with Crippen molar-refractivity contribution in [2.24, 2.45) is 0 Å². The molecule has 0 radical (unpaired) electrons. The van der Waals surface area contributed by atoms with Gasteiger partial charge in [-0.15, -0.1) is 0 Å². The fraction of sp³-hybridized carbons (Fsp3) is 0.643. The van der Waals surface area contributed by atoms with Crippen molar-refractivity contribution in [2.75, 3.05) is 23.3 Å². The number of aliphatic carboxylic acids is 1. The van der Waals surface area contributed by atoms with E-state index in [4.69, 9.17) is 5.11 Å². The van der Waals surface area contributed by atoms with Gasteiger partial charge in [0.05, 0.1) is 0 Å². The second-order valence-corrected chi connectivity index (χ2v) is 5.11. The van der Waals surface area contributed by atoms with Crippen molar-refractivity contribution in [1.29, 1.82) is 0 Å². The number of carbonyl (C=O) groups is 1. The van der Waals surface area contributed by atoms with Gasteiger partial charge in [-0.3, -0.25) is 0 Å². The Hall–Kier alpha value is -1.85. The summed E-state index contributed by atoms with van der Waals surface area (Å²) in [5, 5.41) is 12.1. The minimum absolute atomic E-state index is 0.582. The Bertz CT molecular complexity index is 447. The van der Waals surface area contributed by atoms with Crippen LogP contribution >= 0.6 is 0 Å². The Labute approximate surface area is 119 Å². The molecule has 6 nitrogen and oxygen atoms in total. The predicted molar refractivity (Wildman–Crippen MR) is 78.1 cm³/mol. The largest absolute Gasteiger partial charge is 0.480 e. The second-order valence-electron chi connectivity index (χ2n) is 5.11. The van der Waals surface area contributed by atoms with Gasteiger partial charge < -0.3 is 15.3 Å². The first kappa shape index (κ1) is 14.6. The number of hydrogen-bond acceptors (Lipinski definition) is 5. The summed E-state index contributed by atoms with van der Waals surface area (Å²) in [6.45, 7) is 3.91. The molecule has 1 unspecified atom stereocenters. The van der Waals surface area contributed by atoms with Gasteiger partial charge in [0.15, 0.2) is 0 Å². The first-order chi connectivity index (χ1) is 9.70. The maximum absolute atomic E-state index is 11.2. The smallest absolute Gasteiger partial charge is 0.326 e. The molecular weight excluding hydrogens is 256 g/mol. The molecule has 0 amide bonds. The zero-order valence-electron chi connectivity index (χ0n) is 11.9. The Morgan fingerprint density at radius 3 is 2.85 bits per heavy atom. The molecule has 1 aromatic heterocycles. The van der Waals surface area contributed by atoms with Crippen LogP contribution in [0.3, 0.4) is 0 Å². The number of carboxylic acid groups (broad SMARTS) is 1. The quantitative estimate of drug-likeness (QED) is 0.830. The Morgan fingerprint density at radius 2 is 2.20 bits per heavy atom. The summed E-state index contributed by atoms with van der Waals surface area (Å²) >= 11 is 0. The van der Waals surface area contributed by atoms with Gasteiger partial charge in [0.2, 0.25) is 5.95 Å². The molecule has 1 aromatic rings. The minimum atomic E-state index is -0.843. The number of rotatable bonds is 6. The van der Waals surface area contributed by atoms with Gasteiger partial charge in [-0.25, -0.2) is 9.78 Å². The van der Waals surface area contributed by atoms with Crippen LogP contribution in [0, 0.1) is 0 Å². The highest BCUT2D eigenvalue weighted by Crippen LogP contribution is 2.17. The van der Waals surface area contributed by atoms with E-state index in [1.165, 1.54) is 6.42 Å². The average Bonchev–Trinajstić information content (AvgIpc) is 2.48. The maximum Gasteiger partial charge on any atom is 0.326 e. The Balaban J connectivity index is 2.06. The molecule has 0 aliphatic carbocycles. The topological polar surface area (TPSA) is 78.4 Å². The van der Waals surface area contributed by atoms with Gasteiger partial charge in [-0.05, 0) is 31.7 Å². The third-order valence-corrected chi connectivity index (χ3v) is 3.48. The van der Waals surface area contributed by atoms with Crippen LogP contribution in [-0.2, 0) is 4.79 Å². The fourth-order valence-electron chi connectivity index (χ4n) is 2.40. The molecule has 0 bridgehead atoms. The van der Waals surface area contributed by atoms with Crippen LogP contribution in [0.4, 0.5) is 11.8 Å². The lowest BCUT2D eigenvalue weighted by Gasteiger charge is -2.27. The molecule has 1 saturated heterocycles. The highest BCUT2D eigenvalue weighted by Gasteiger charge is 2.18. The number of piperidine rings is 1. The SMILES string of the molecule is CCCC(Nc1ccnc(N2CCCCC2)n1)C(=O)O. The van der Waals surface area contributed by atoms with E-state index in [1.54, 1.807) is 12.3 Å². The van der Waals surface area contributed by atoms with E-state index >= 15 is 0 Å². The maximum atomic E-state index is 11.2. The molecule has 20 heavy (non-hydrogen) atoms. The van der Waals surface area contributed by atoms with Gasteiger partial charge >= 0.3 is 5.97 Å². The molecule has 0 aromatic carbocycles. The van der Waals surface area contributed by atoms with Crippen molar-refractivity contribution in [3.8, 4) is 0 Å². The highest BCUT2D eigenvalue weighted by molar-refractivity contribution is 5.76. The zero-order chi connectivity index (χ0) is 14.4. The number of hydrogen-bond donors (Lipinski definition) is 2. The molecule has 2 heterocycles. The van der Waals surface area contributed by atoms with E-state index in [2.05, 4.69) is 20.2 Å². The van der Waals surface area contributed by atoms with E-state index in [1.807, 2.05) is 6.92 Å². The Morgan fingerprint density at radius 1 is 1.45 bits per heavy atom. The van der Waals surface area contributed by atoms with Crippen molar-refractivity contribution >= 4 is 17.7 Å². The van der Waals surface area contributed by atoms with Crippen LogP contribution in [0.15, 0.2) is 12.3 Å². The van der Waals surface area contributed by atoms with E-state index in [0.29, 0.717) is 18.2 Å². The molecule has 1 fully saturated rings. The molecule has 0 saturated carbocycles. The number of aromatic nitrogens is 2. The molecular formula is C14H22N4O2. The Kier molecular flexibility index (Phi) is 5.15. The lowest BCUT2D eigenvalue weighted by Crippen LogP contribution is -2.32. The summed E-state index contributed by atoms with van der Waals surface area (Å²) in [6, 6.07) is 1.13. The predicted octanol–water partition coefficient (Wildman–Crippen LogP) is 2.13. The first-order valence-corrected chi connectivity index (χ1v) is 7.28. The summed E-state index contributed by atoms with van der Waals surface area (Å²) < 4.78 is 0. The fourth-order valence-corrected chi connectivity index (χ4v) is 2.40. The summed E-state index contributed by atoms with van der Waals surface area (Å²) in [5.41, 5.74) is 0. The van der Waals surface area contributed by atoms with E-state index in [0.717, 1.165) is 32.4 Å². The van der Waals surface area contributed by atoms with Crippen LogP contribution in [0.25, 0.3) is 0 Å². The van der Waals surface area contributed by atoms with E-state index in [-0.39, 0.29) is 0 Å². The van der Waals surface area contributed by atoms with Gasteiger partial charge in [-0.1, -0.05) is 13.3 Å². The summed E-state index contributed by atoms with van der Waals surface area (Å²) in [4.78, 5) is 22.1. The highest BCUT2D eigenvalue weighted by atomic mass is 16.4. The number of anilines is 2. The van der Waals surface area contributed by atoms with Crippen molar-refractivity contribution in [3.63, 3.8) is 0 Å². The van der Waals surface area contributed by atoms with Crippen molar-refractivity contribution in [3.05, 3.63) is 12.3 Å². The molecule has 6 heteroatoms. The molecule has 0 spiro atoms. The van der Waals surface area contributed by atoms with Crippen LogP contribution in [-0.4, -0.2) is 40.2 Å². The van der Waals surface area contributed by atoms with Gasteiger partial charge in [0.1, 0.15) is 11.9 Å². The summed E-state index contributed by atoms with van der Waals surface area (Å²) in [6.07, 6.45) is 6.66. The third kappa shape index (κ3) is 3.82. The van der Waals surface area contributed by atoms with Crippen molar-refractivity contribution in [2.45, 2.75) is 45.1 Å². The zero-order valence-corrected chi connectivity index (χ0v) is 11.9. The van der Waals surface area contributed by atoms with Gasteiger partial charge in [0.25, 0.3) is 0 Å². The van der Waals surface area contributed by atoms with Gasteiger partial charge in [-0.2, -0.15) is 4.98 Å². The second kappa shape index (κ2) is 7.07. The van der Waals surface area contributed by atoms with Crippen molar-refractivity contribution < 1.29 is 9.90 Å². The lowest BCUT2D eigenvalue weighted by atomic mass is 10.1. The number of nitrogens with zero attached hydrogens (tertiary/aromatic N) is 3. The van der Waals surface area contributed by atoms with E-state index < -0.39 is 12.0 Å². The van der Waals surface area contributed by atoms with Crippen molar-refractivity contribution in [1.82, 2.24) is 9.97 Å². The third-order valence-electron chi connectivity index (χ3n) is 3.48. The molecule has 2 rings (SSSR count). The molecule has 110 valence electrons. The number of carboxylic acids is 1. The lowest BCUT2D eigenvalue weighted by molar-refractivity contribution is -0.138. The summed E-state index contributed by atoms with van der Waals surface area (Å²) in [5.74, 6) is 0.432. The summed E-state index contributed by atoms with van der Waals surface area (Å²) in [7, 11) is 0. The van der Waals surface area contributed by atoms with Gasteiger partial charge in [0, 0.05) is 19.3 Å². The van der Waals surface area contributed by atoms with Crippen LogP contribution in [0.5, 0.6) is 0 Å². The molecule has 1 aliphatic rings. The van der Waals surface area contributed by atoms with Crippen LogP contribution in [0.2, 0.25) is 0 Å². The minimum Gasteiger partial charge on any atom is -0.480 e. The molecule has 1 aliphatic heterocycles. The van der Waals surface area contributed by atoms with Crippen LogP contribution < -0.4 is 10.2 Å². The molecule has 1 atom stereocenters. The molecule has 2 N–H and O–H groups in total. The first-order valence-electron chi connectivity index (χ1n) is 7.28. The number of nitrogens with one attached hydrogen (secondary N) is 1. The standard InChI is InChI=1S/C14H22N4O2/c1-2-6-11(13(19)20)16-12-7-8-15-14(17-12)18-9-4-3-5-10-18/h7-8,11H,2-6,9-10H2,1H3,(H,19,20)(H,15,16,17). The average molecular weight is 278 g/mol. The van der Waals surface area contributed by atoms with E-state index in [9.17, 15) is 4.79 Å². The monoisotopic (exact) mass is 278 g/mol. The van der Waals surface area contributed by atoms with Crippen LogP contribution in [0.1, 0.15) is 39.0 Å². The normalized spacial score (nSPS) is 16.8.